The molecule has 1 aromatic carbocycles. The maximum atomic E-state index is 13.4. The minimum absolute atomic E-state index is 0.118. The molecule has 128 valence electrons. The average molecular weight is 339 g/mol. The van der Waals surface area contributed by atoms with E-state index in [2.05, 4.69) is 4.98 Å². The second-order valence-electron chi connectivity index (χ2n) is 6.24. The van der Waals surface area contributed by atoms with Gasteiger partial charge in [-0.3, -0.25) is 4.79 Å². The topological polar surface area (TPSA) is 51.3 Å². The summed E-state index contributed by atoms with van der Waals surface area (Å²) < 4.78 is 20.6. The number of nitrogens with zero attached hydrogens (tertiary/aromatic N) is 3. The van der Waals surface area contributed by atoms with Crippen LogP contribution in [0.1, 0.15) is 34.8 Å². The summed E-state index contributed by atoms with van der Waals surface area (Å²) in [6.45, 7) is 0.924. The molecule has 0 radical (unpaired) electrons. The maximum absolute atomic E-state index is 13.4. The number of halogens is 1. The van der Waals surface area contributed by atoms with Crippen LogP contribution in [0.15, 0.2) is 59.5 Å². The van der Waals surface area contributed by atoms with Crippen molar-refractivity contribution in [2.75, 3.05) is 0 Å². The number of imidazole rings is 1. The molecule has 0 atom stereocenters. The summed E-state index contributed by atoms with van der Waals surface area (Å²) in [6, 6.07) is 10.1. The van der Waals surface area contributed by atoms with Crippen molar-refractivity contribution in [2.45, 2.75) is 32.0 Å². The van der Waals surface area contributed by atoms with E-state index in [9.17, 15) is 9.18 Å². The van der Waals surface area contributed by atoms with E-state index in [1.165, 1.54) is 18.4 Å². The van der Waals surface area contributed by atoms with Gasteiger partial charge in [0, 0.05) is 25.0 Å². The number of rotatable bonds is 6. The Morgan fingerprint density at radius 1 is 1.32 bits per heavy atom. The normalized spacial score (nSPS) is 13.8. The zero-order valence-electron chi connectivity index (χ0n) is 13.6. The minimum atomic E-state index is -0.258. The quantitative estimate of drug-likeness (QED) is 0.691. The third-order valence-electron chi connectivity index (χ3n) is 4.34. The number of hydrogen-bond donors (Lipinski definition) is 0. The Hall–Kier alpha value is -2.89. The fraction of sp³-hybridized carbons (Fsp3) is 0.263. The average Bonchev–Trinajstić information content (AvgIpc) is 3.11. The fourth-order valence-electron chi connectivity index (χ4n) is 2.91. The van der Waals surface area contributed by atoms with E-state index in [0.29, 0.717) is 18.8 Å². The zero-order chi connectivity index (χ0) is 17.2. The lowest BCUT2D eigenvalue weighted by Gasteiger charge is -2.21. The lowest BCUT2D eigenvalue weighted by atomic mass is 10.2. The molecule has 25 heavy (non-hydrogen) atoms. The SMILES string of the molecule is O=C(c1ccco1)N(Cc1nccn1Cc1cccc(F)c1)C1CC1. The first kappa shape index (κ1) is 15.6. The highest BCUT2D eigenvalue weighted by Crippen LogP contribution is 2.29. The molecular formula is C19H18FN3O2. The fourth-order valence-corrected chi connectivity index (χ4v) is 2.91. The van der Waals surface area contributed by atoms with Crippen molar-refractivity contribution in [3.8, 4) is 0 Å². The van der Waals surface area contributed by atoms with E-state index in [0.717, 1.165) is 24.2 Å². The first-order chi connectivity index (χ1) is 12.2. The predicted molar refractivity (Wildman–Crippen MR) is 89.3 cm³/mol. The highest BCUT2D eigenvalue weighted by molar-refractivity contribution is 5.91. The van der Waals surface area contributed by atoms with E-state index in [1.807, 2.05) is 21.7 Å². The van der Waals surface area contributed by atoms with Crippen LogP contribution in [0, 0.1) is 5.82 Å². The second-order valence-corrected chi connectivity index (χ2v) is 6.24. The third-order valence-corrected chi connectivity index (χ3v) is 4.34. The van der Waals surface area contributed by atoms with Crippen molar-refractivity contribution < 1.29 is 13.6 Å². The summed E-state index contributed by atoms with van der Waals surface area (Å²) in [6.07, 6.45) is 7.05. The molecule has 6 heteroatoms. The van der Waals surface area contributed by atoms with E-state index in [-0.39, 0.29) is 17.8 Å². The van der Waals surface area contributed by atoms with Gasteiger partial charge in [0.05, 0.1) is 12.8 Å². The molecule has 2 heterocycles. The maximum Gasteiger partial charge on any atom is 0.290 e. The molecule has 0 spiro atoms. The second kappa shape index (κ2) is 6.55. The van der Waals surface area contributed by atoms with Crippen molar-refractivity contribution in [3.05, 3.63) is 78.0 Å². The molecule has 0 saturated heterocycles. The molecule has 1 aliphatic rings. The minimum Gasteiger partial charge on any atom is -0.459 e. The van der Waals surface area contributed by atoms with Gasteiger partial charge in [0.1, 0.15) is 11.6 Å². The monoisotopic (exact) mass is 339 g/mol. The largest absolute Gasteiger partial charge is 0.459 e. The Labute approximate surface area is 144 Å². The molecule has 0 unspecified atom stereocenters. The van der Waals surface area contributed by atoms with Gasteiger partial charge in [0.25, 0.3) is 5.91 Å². The van der Waals surface area contributed by atoms with Gasteiger partial charge in [-0.25, -0.2) is 9.37 Å². The lowest BCUT2D eigenvalue weighted by Crippen LogP contribution is -2.33. The van der Waals surface area contributed by atoms with E-state index >= 15 is 0 Å². The molecular weight excluding hydrogens is 321 g/mol. The van der Waals surface area contributed by atoms with Crippen LogP contribution in [0.4, 0.5) is 4.39 Å². The van der Waals surface area contributed by atoms with Crippen molar-refractivity contribution in [3.63, 3.8) is 0 Å². The Balaban J connectivity index is 1.54. The molecule has 0 aliphatic heterocycles. The third kappa shape index (κ3) is 3.47. The summed E-state index contributed by atoms with van der Waals surface area (Å²) >= 11 is 0. The molecule has 1 aliphatic carbocycles. The highest BCUT2D eigenvalue weighted by atomic mass is 19.1. The summed E-state index contributed by atoms with van der Waals surface area (Å²) in [4.78, 5) is 18.9. The predicted octanol–water partition coefficient (Wildman–Crippen LogP) is 3.47. The Kier molecular flexibility index (Phi) is 4.09. The van der Waals surface area contributed by atoms with Crippen LogP contribution in [-0.2, 0) is 13.1 Å². The Morgan fingerprint density at radius 2 is 2.20 bits per heavy atom. The zero-order valence-corrected chi connectivity index (χ0v) is 13.6. The molecule has 0 N–H and O–H groups in total. The molecule has 4 rings (SSSR count). The molecule has 0 bridgehead atoms. The number of carbonyl (C=O) groups is 1. The van der Waals surface area contributed by atoms with Crippen LogP contribution in [0.2, 0.25) is 0 Å². The smallest absolute Gasteiger partial charge is 0.290 e. The van der Waals surface area contributed by atoms with Gasteiger partial charge in [-0.15, -0.1) is 0 Å². The van der Waals surface area contributed by atoms with Crippen molar-refractivity contribution in [2.24, 2.45) is 0 Å². The van der Waals surface area contributed by atoms with Crippen LogP contribution in [-0.4, -0.2) is 26.4 Å². The molecule has 1 fully saturated rings. The van der Waals surface area contributed by atoms with Crippen LogP contribution < -0.4 is 0 Å². The van der Waals surface area contributed by atoms with Crippen LogP contribution in [0.25, 0.3) is 0 Å². The summed E-state index contributed by atoms with van der Waals surface area (Å²) in [5.74, 6) is 0.741. The van der Waals surface area contributed by atoms with Crippen molar-refractivity contribution >= 4 is 5.91 Å². The van der Waals surface area contributed by atoms with Gasteiger partial charge in [-0.05, 0) is 42.7 Å². The van der Waals surface area contributed by atoms with E-state index in [4.69, 9.17) is 4.42 Å². The Morgan fingerprint density at radius 3 is 2.92 bits per heavy atom. The van der Waals surface area contributed by atoms with Crippen LogP contribution >= 0.6 is 0 Å². The van der Waals surface area contributed by atoms with Crippen LogP contribution in [0.3, 0.4) is 0 Å². The standard InChI is InChI=1S/C19H18FN3O2/c20-15-4-1-3-14(11-15)12-22-9-8-21-18(22)13-23(16-6-7-16)19(24)17-5-2-10-25-17/h1-5,8-11,16H,6-7,12-13H2. The number of carbonyl (C=O) groups excluding carboxylic acids is 1. The van der Waals surface area contributed by atoms with Gasteiger partial charge in [0.15, 0.2) is 5.76 Å². The first-order valence-corrected chi connectivity index (χ1v) is 8.29. The van der Waals surface area contributed by atoms with Crippen molar-refractivity contribution in [1.82, 2.24) is 14.5 Å². The number of benzene rings is 1. The number of amides is 1. The number of aromatic nitrogens is 2. The first-order valence-electron chi connectivity index (χ1n) is 8.29. The molecule has 2 aromatic heterocycles. The van der Waals surface area contributed by atoms with Gasteiger partial charge >= 0.3 is 0 Å². The summed E-state index contributed by atoms with van der Waals surface area (Å²) in [5.41, 5.74) is 0.856. The van der Waals surface area contributed by atoms with E-state index < -0.39 is 0 Å². The number of furan rings is 1. The summed E-state index contributed by atoms with van der Waals surface area (Å²) in [7, 11) is 0. The van der Waals surface area contributed by atoms with Gasteiger partial charge in [-0.2, -0.15) is 0 Å². The number of hydrogen-bond acceptors (Lipinski definition) is 3. The molecule has 1 saturated carbocycles. The van der Waals surface area contributed by atoms with Gasteiger partial charge < -0.3 is 13.9 Å². The lowest BCUT2D eigenvalue weighted by molar-refractivity contribution is 0.0691. The van der Waals surface area contributed by atoms with Gasteiger partial charge in [0.2, 0.25) is 0 Å². The van der Waals surface area contributed by atoms with E-state index in [1.54, 1.807) is 24.4 Å². The highest BCUT2D eigenvalue weighted by Gasteiger charge is 2.34. The molecule has 3 aromatic rings. The van der Waals surface area contributed by atoms with Crippen LogP contribution in [0.5, 0.6) is 0 Å². The Bertz CT molecular complexity index is 868. The molecule has 5 nitrogen and oxygen atoms in total. The summed E-state index contributed by atoms with van der Waals surface area (Å²) in [5, 5.41) is 0. The molecule has 1 amide bonds. The van der Waals surface area contributed by atoms with Crippen molar-refractivity contribution in [1.29, 1.82) is 0 Å². The van der Waals surface area contributed by atoms with Gasteiger partial charge in [-0.1, -0.05) is 12.1 Å².